The van der Waals surface area contributed by atoms with E-state index in [2.05, 4.69) is 25.7 Å². The molecule has 1 rings (SSSR count). The van der Waals surface area contributed by atoms with Gasteiger partial charge in [0.15, 0.2) is 0 Å². The fourth-order valence-electron chi connectivity index (χ4n) is 1.46. The van der Waals surface area contributed by atoms with Gasteiger partial charge < -0.3 is 9.84 Å². The molecule has 2 nitrogen and oxygen atoms in total. The lowest BCUT2D eigenvalue weighted by molar-refractivity contribution is 0.152. The standard InChI is InChI=1S/C15H20O2/c1-13(2)11-15(16)9-6-10-17-12-14-7-4-3-5-8-14/h3-5,7-8,13,15-16H,10-12H2,1-2H3/t15-/m0/s1. The molecule has 2 heteroatoms. The molecule has 0 unspecified atom stereocenters. The zero-order chi connectivity index (χ0) is 12.5. The predicted molar refractivity (Wildman–Crippen MR) is 69.3 cm³/mol. The molecular weight excluding hydrogens is 212 g/mol. The molecule has 0 saturated carbocycles. The number of hydrogen-bond acceptors (Lipinski definition) is 2. The van der Waals surface area contributed by atoms with E-state index in [1.165, 1.54) is 0 Å². The Bertz CT molecular complexity index is 360. The van der Waals surface area contributed by atoms with Crippen molar-refractivity contribution in [1.82, 2.24) is 0 Å². The Morgan fingerprint density at radius 2 is 1.94 bits per heavy atom. The molecule has 1 N–H and O–H groups in total. The molecule has 92 valence electrons. The Kier molecular flexibility index (Phi) is 6.39. The van der Waals surface area contributed by atoms with Crippen LogP contribution in [-0.4, -0.2) is 17.8 Å². The van der Waals surface area contributed by atoms with Gasteiger partial charge in [-0.1, -0.05) is 56.0 Å². The summed E-state index contributed by atoms with van der Waals surface area (Å²) in [7, 11) is 0. The van der Waals surface area contributed by atoms with Gasteiger partial charge in [0.2, 0.25) is 0 Å². The number of hydrogen-bond donors (Lipinski definition) is 1. The second kappa shape index (κ2) is 7.89. The van der Waals surface area contributed by atoms with Gasteiger partial charge in [0, 0.05) is 0 Å². The van der Waals surface area contributed by atoms with Gasteiger partial charge in [0.1, 0.15) is 12.7 Å². The third-order valence-corrected chi connectivity index (χ3v) is 2.25. The van der Waals surface area contributed by atoms with Crippen LogP contribution in [0, 0.1) is 17.8 Å². The smallest absolute Gasteiger partial charge is 0.115 e. The summed E-state index contributed by atoms with van der Waals surface area (Å²) in [6.07, 6.45) is 0.182. The third kappa shape index (κ3) is 6.78. The van der Waals surface area contributed by atoms with Crippen molar-refractivity contribution in [2.24, 2.45) is 5.92 Å². The summed E-state index contributed by atoms with van der Waals surface area (Å²) in [6, 6.07) is 9.97. The average molecular weight is 232 g/mol. The van der Waals surface area contributed by atoms with Gasteiger partial charge in [-0.2, -0.15) is 0 Å². The number of rotatable bonds is 5. The van der Waals surface area contributed by atoms with E-state index in [9.17, 15) is 5.11 Å². The van der Waals surface area contributed by atoms with E-state index < -0.39 is 6.10 Å². The van der Waals surface area contributed by atoms with Crippen LogP contribution in [0.1, 0.15) is 25.8 Å². The second-order valence-electron chi connectivity index (χ2n) is 4.44. The van der Waals surface area contributed by atoms with Crippen molar-refractivity contribution in [2.45, 2.75) is 33.0 Å². The molecule has 0 bridgehead atoms. The van der Waals surface area contributed by atoms with E-state index in [4.69, 9.17) is 4.74 Å². The van der Waals surface area contributed by atoms with Crippen molar-refractivity contribution in [2.75, 3.05) is 6.61 Å². The molecule has 1 atom stereocenters. The SMILES string of the molecule is CC(C)C[C@@H](O)C#CCOCc1ccccc1. The fraction of sp³-hybridized carbons (Fsp3) is 0.467. The first-order valence-electron chi connectivity index (χ1n) is 5.96. The minimum absolute atomic E-state index is 0.365. The largest absolute Gasteiger partial charge is 0.380 e. The monoisotopic (exact) mass is 232 g/mol. The Morgan fingerprint density at radius 3 is 2.59 bits per heavy atom. The van der Waals surface area contributed by atoms with Gasteiger partial charge in [-0.05, 0) is 17.9 Å². The average Bonchev–Trinajstić information content (AvgIpc) is 2.29. The van der Waals surface area contributed by atoms with Crippen molar-refractivity contribution in [3.63, 3.8) is 0 Å². The zero-order valence-corrected chi connectivity index (χ0v) is 10.5. The van der Waals surface area contributed by atoms with Crippen molar-refractivity contribution in [1.29, 1.82) is 0 Å². The van der Waals surface area contributed by atoms with E-state index in [0.717, 1.165) is 5.56 Å². The van der Waals surface area contributed by atoms with Gasteiger partial charge >= 0.3 is 0 Å². The van der Waals surface area contributed by atoms with Gasteiger partial charge in [0.25, 0.3) is 0 Å². The molecule has 0 aliphatic heterocycles. The molecule has 0 amide bonds. The van der Waals surface area contributed by atoms with Crippen LogP contribution < -0.4 is 0 Å². The van der Waals surface area contributed by atoms with E-state index in [-0.39, 0.29) is 0 Å². The first-order valence-corrected chi connectivity index (χ1v) is 5.96. The summed E-state index contributed by atoms with van der Waals surface area (Å²) in [5.41, 5.74) is 1.14. The first-order chi connectivity index (χ1) is 8.18. The highest BCUT2D eigenvalue weighted by atomic mass is 16.5. The van der Waals surface area contributed by atoms with Crippen LogP contribution in [0.25, 0.3) is 0 Å². The van der Waals surface area contributed by atoms with Crippen LogP contribution in [0.15, 0.2) is 30.3 Å². The lowest BCUT2D eigenvalue weighted by Crippen LogP contribution is -2.07. The van der Waals surface area contributed by atoms with Crippen molar-refractivity contribution in [3.05, 3.63) is 35.9 Å². The predicted octanol–water partition coefficient (Wildman–Crippen LogP) is 2.61. The molecule has 0 aliphatic rings. The Labute approximate surface area is 104 Å². The molecule has 17 heavy (non-hydrogen) atoms. The van der Waals surface area contributed by atoms with Crippen LogP contribution in [0.4, 0.5) is 0 Å². The molecule has 0 aliphatic carbocycles. The summed E-state index contributed by atoms with van der Waals surface area (Å²) in [4.78, 5) is 0. The third-order valence-electron chi connectivity index (χ3n) is 2.25. The number of benzene rings is 1. The Hall–Kier alpha value is -1.30. The minimum Gasteiger partial charge on any atom is -0.380 e. The van der Waals surface area contributed by atoms with Crippen LogP contribution in [0.5, 0.6) is 0 Å². The highest BCUT2D eigenvalue weighted by Crippen LogP contribution is 2.03. The van der Waals surface area contributed by atoms with Crippen LogP contribution in [0.3, 0.4) is 0 Å². The summed E-state index contributed by atoms with van der Waals surface area (Å²) in [6.45, 7) is 5.06. The number of ether oxygens (including phenoxy) is 1. The van der Waals surface area contributed by atoms with E-state index in [1.54, 1.807) is 0 Å². The van der Waals surface area contributed by atoms with Gasteiger partial charge in [-0.3, -0.25) is 0 Å². The van der Waals surface area contributed by atoms with E-state index in [1.807, 2.05) is 30.3 Å². The maximum Gasteiger partial charge on any atom is 0.115 e. The number of aliphatic hydroxyl groups excluding tert-OH is 1. The zero-order valence-electron chi connectivity index (χ0n) is 10.5. The molecule has 1 aromatic rings. The maximum atomic E-state index is 9.51. The molecule has 0 spiro atoms. The highest BCUT2D eigenvalue weighted by molar-refractivity contribution is 5.13. The number of aliphatic hydroxyl groups is 1. The van der Waals surface area contributed by atoms with E-state index >= 15 is 0 Å². The lowest BCUT2D eigenvalue weighted by atomic mass is 10.1. The fourth-order valence-corrected chi connectivity index (χ4v) is 1.46. The van der Waals surface area contributed by atoms with Crippen LogP contribution >= 0.6 is 0 Å². The van der Waals surface area contributed by atoms with Crippen molar-refractivity contribution >= 4 is 0 Å². The van der Waals surface area contributed by atoms with Crippen LogP contribution in [0.2, 0.25) is 0 Å². The summed E-state index contributed by atoms with van der Waals surface area (Å²) in [5.74, 6) is 6.08. The second-order valence-corrected chi connectivity index (χ2v) is 4.44. The molecule has 0 heterocycles. The molecule has 0 aromatic heterocycles. The van der Waals surface area contributed by atoms with Crippen LogP contribution in [-0.2, 0) is 11.3 Å². The highest BCUT2D eigenvalue weighted by Gasteiger charge is 2.01. The molecule has 1 aromatic carbocycles. The summed E-state index contributed by atoms with van der Waals surface area (Å²) >= 11 is 0. The normalized spacial score (nSPS) is 12.0. The minimum atomic E-state index is -0.532. The Balaban J connectivity index is 2.18. The molecule has 0 radical (unpaired) electrons. The van der Waals surface area contributed by atoms with Gasteiger partial charge in [0.05, 0.1) is 6.61 Å². The molecule has 0 saturated heterocycles. The van der Waals surface area contributed by atoms with Gasteiger partial charge in [-0.25, -0.2) is 0 Å². The first kappa shape index (κ1) is 13.8. The summed E-state index contributed by atoms with van der Waals surface area (Å²) < 4.78 is 5.39. The lowest BCUT2D eigenvalue weighted by Gasteiger charge is -2.05. The van der Waals surface area contributed by atoms with Gasteiger partial charge in [-0.15, -0.1) is 0 Å². The van der Waals surface area contributed by atoms with Crippen molar-refractivity contribution < 1.29 is 9.84 Å². The quantitative estimate of drug-likeness (QED) is 0.624. The molecular formula is C15H20O2. The molecule has 0 fully saturated rings. The Morgan fingerprint density at radius 1 is 1.24 bits per heavy atom. The van der Waals surface area contributed by atoms with E-state index in [0.29, 0.717) is 25.6 Å². The summed E-state index contributed by atoms with van der Waals surface area (Å²) in [5, 5.41) is 9.51. The van der Waals surface area contributed by atoms with Crippen molar-refractivity contribution in [3.8, 4) is 11.8 Å². The maximum absolute atomic E-state index is 9.51. The topological polar surface area (TPSA) is 29.5 Å².